The van der Waals surface area contributed by atoms with Crippen molar-refractivity contribution in [3.63, 3.8) is 0 Å². The standard InChI is InChI=1S/C18H16N2O3/c1-13-12-15-7-3-4-8-16(15)19(13)18(21)11-10-14-6-2-5-9-17(14)20(22)23/h2-11,13H,12H2,1H3/b11-10+. The van der Waals surface area contributed by atoms with Gasteiger partial charge in [0.25, 0.3) is 11.6 Å². The number of benzene rings is 2. The third-order valence-electron chi connectivity index (χ3n) is 3.98. The summed E-state index contributed by atoms with van der Waals surface area (Å²) >= 11 is 0. The highest BCUT2D eigenvalue weighted by molar-refractivity contribution is 6.05. The zero-order valence-electron chi connectivity index (χ0n) is 12.7. The van der Waals surface area contributed by atoms with Gasteiger partial charge in [0.1, 0.15) is 0 Å². The summed E-state index contributed by atoms with van der Waals surface area (Å²) in [6.45, 7) is 2.00. The molecule has 0 spiro atoms. The third-order valence-corrected chi connectivity index (χ3v) is 3.98. The molecule has 0 N–H and O–H groups in total. The smallest absolute Gasteiger partial charge is 0.276 e. The molecule has 1 atom stereocenters. The summed E-state index contributed by atoms with van der Waals surface area (Å²) in [7, 11) is 0. The Labute approximate surface area is 134 Å². The van der Waals surface area contributed by atoms with E-state index in [9.17, 15) is 14.9 Å². The summed E-state index contributed by atoms with van der Waals surface area (Å²) in [5.74, 6) is -0.166. The fraction of sp³-hybridized carbons (Fsp3) is 0.167. The predicted molar refractivity (Wildman–Crippen MR) is 89.2 cm³/mol. The molecule has 116 valence electrons. The van der Waals surface area contributed by atoms with Crippen molar-refractivity contribution in [3.8, 4) is 0 Å². The minimum Gasteiger partial charge on any atom is -0.305 e. The Bertz CT molecular complexity index is 798. The normalized spacial score (nSPS) is 16.6. The van der Waals surface area contributed by atoms with E-state index in [0.29, 0.717) is 5.56 Å². The Morgan fingerprint density at radius 1 is 1.22 bits per heavy atom. The maximum atomic E-state index is 12.5. The van der Waals surface area contributed by atoms with Gasteiger partial charge < -0.3 is 4.90 Å². The Hall–Kier alpha value is -2.95. The lowest BCUT2D eigenvalue weighted by molar-refractivity contribution is -0.385. The molecule has 0 radical (unpaired) electrons. The number of hydrogen-bond acceptors (Lipinski definition) is 3. The number of nitrogens with zero attached hydrogens (tertiary/aromatic N) is 2. The number of nitro benzene ring substituents is 1. The number of nitro groups is 1. The molecule has 1 unspecified atom stereocenters. The molecule has 0 fully saturated rings. The maximum Gasteiger partial charge on any atom is 0.276 e. The average Bonchev–Trinajstić information content (AvgIpc) is 2.88. The van der Waals surface area contributed by atoms with Gasteiger partial charge in [-0.1, -0.05) is 30.3 Å². The lowest BCUT2D eigenvalue weighted by atomic mass is 10.1. The third kappa shape index (κ3) is 2.85. The van der Waals surface area contributed by atoms with E-state index in [0.717, 1.165) is 17.7 Å². The van der Waals surface area contributed by atoms with Crippen molar-refractivity contribution in [2.75, 3.05) is 4.90 Å². The first-order chi connectivity index (χ1) is 11.1. The van der Waals surface area contributed by atoms with Crippen molar-refractivity contribution in [3.05, 3.63) is 75.8 Å². The van der Waals surface area contributed by atoms with Crippen LogP contribution in [0.2, 0.25) is 0 Å². The second-order valence-electron chi connectivity index (χ2n) is 5.54. The number of carbonyl (C=O) groups is 1. The lowest BCUT2D eigenvalue weighted by Gasteiger charge is -2.20. The molecule has 0 aliphatic carbocycles. The summed E-state index contributed by atoms with van der Waals surface area (Å²) < 4.78 is 0. The van der Waals surface area contributed by atoms with Gasteiger partial charge in [0.05, 0.1) is 10.5 Å². The SMILES string of the molecule is CC1Cc2ccccc2N1C(=O)/C=C/c1ccccc1[N+](=O)[O-]. The van der Waals surface area contributed by atoms with E-state index in [-0.39, 0.29) is 17.6 Å². The largest absolute Gasteiger partial charge is 0.305 e. The summed E-state index contributed by atoms with van der Waals surface area (Å²) in [6, 6.07) is 14.3. The average molecular weight is 308 g/mol. The number of amides is 1. The molecule has 2 aromatic rings. The number of carbonyl (C=O) groups excluding carboxylic acids is 1. The predicted octanol–water partition coefficient (Wildman–Crippen LogP) is 3.59. The molecule has 23 heavy (non-hydrogen) atoms. The van der Waals surface area contributed by atoms with Crippen molar-refractivity contribution in [2.24, 2.45) is 0 Å². The molecule has 1 amide bonds. The molecule has 2 aromatic carbocycles. The Morgan fingerprint density at radius 3 is 2.70 bits per heavy atom. The molecule has 5 heteroatoms. The van der Waals surface area contributed by atoms with Gasteiger partial charge in [-0.3, -0.25) is 14.9 Å². The van der Waals surface area contributed by atoms with E-state index in [1.165, 1.54) is 18.2 Å². The molecule has 5 nitrogen and oxygen atoms in total. The topological polar surface area (TPSA) is 63.5 Å². The van der Waals surface area contributed by atoms with Crippen LogP contribution in [-0.2, 0) is 11.2 Å². The number of rotatable bonds is 3. The van der Waals surface area contributed by atoms with Crippen molar-refractivity contribution in [2.45, 2.75) is 19.4 Å². The van der Waals surface area contributed by atoms with E-state index in [1.54, 1.807) is 23.1 Å². The summed E-state index contributed by atoms with van der Waals surface area (Å²) in [5, 5.41) is 11.0. The van der Waals surface area contributed by atoms with Crippen molar-refractivity contribution in [1.29, 1.82) is 0 Å². The Morgan fingerprint density at radius 2 is 1.91 bits per heavy atom. The molecule has 1 heterocycles. The van der Waals surface area contributed by atoms with E-state index < -0.39 is 4.92 Å². The fourth-order valence-corrected chi connectivity index (χ4v) is 2.94. The van der Waals surface area contributed by atoms with Crippen molar-refractivity contribution >= 4 is 23.4 Å². The number of hydrogen-bond donors (Lipinski definition) is 0. The monoisotopic (exact) mass is 308 g/mol. The van der Waals surface area contributed by atoms with Crippen LogP contribution in [0.25, 0.3) is 6.08 Å². The molecule has 1 aliphatic rings. The van der Waals surface area contributed by atoms with Crippen molar-refractivity contribution < 1.29 is 9.72 Å². The Kier molecular flexibility index (Phi) is 3.93. The van der Waals surface area contributed by atoms with Crippen LogP contribution in [0.3, 0.4) is 0 Å². The van der Waals surface area contributed by atoms with Gasteiger partial charge in [0.15, 0.2) is 0 Å². The molecule has 0 saturated heterocycles. The van der Waals surface area contributed by atoms with Crippen LogP contribution in [0.5, 0.6) is 0 Å². The highest BCUT2D eigenvalue weighted by Crippen LogP contribution is 2.32. The molecule has 3 rings (SSSR count). The first kappa shape index (κ1) is 15.0. The van der Waals surface area contributed by atoms with Gasteiger partial charge in [0, 0.05) is 23.9 Å². The van der Waals surface area contributed by atoms with Crippen LogP contribution < -0.4 is 4.90 Å². The van der Waals surface area contributed by atoms with Gasteiger partial charge >= 0.3 is 0 Å². The van der Waals surface area contributed by atoms with Gasteiger partial charge in [0.2, 0.25) is 0 Å². The minimum absolute atomic E-state index is 0.00794. The van der Waals surface area contributed by atoms with Crippen LogP contribution in [-0.4, -0.2) is 16.9 Å². The van der Waals surface area contributed by atoms with Crippen LogP contribution in [0.1, 0.15) is 18.1 Å². The van der Waals surface area contributed by atoms with E-state index in [1.807, 2.05) is 31.2 Å². The summed E-state index contributed by atoms with van der Waals surface area (Å²) in [4.78, 5) is 24.8. The zero-order chi connectivity index (χ0) is 16.4. The maximum absolute atomic E-state index is 12.5. The van der Waals surface area contributed by atoms with Crippen LogP contribution in [0.4, 0.5) is 11.4 Å². The second-order valence-corrected chi connectivity index (χ2v) is 5.54. The van der Waals surface area contributed by atoms with Crippen molar-refractivity contribution in [1.82, 2.24) is 0 Å². The van der Waals surface area contributed by atoms with Gasteiger partial charge in [-0.05, 0) is 37.1 Å². The molecular weight excluding hydrogens is 292 g/mol. The zero-order valence-corrected chi connectivity index (χ0v) is 12.7. The first-order valence-electron chi connectivity index (χ1n) is 7.40. The molecule has 0 aromatic heterocycles. The number of fused-ring (bicyclic) bond motifs is 1. The second kappa shape index (κ2) is 6.04. The highest BCUT2D eigenvalue weighted by atomic mass is 16.6. The minimum atomic E-state index is -0.446. The lowest BCUT2D eigenvalue weighted by Crippen LogP contribution is -2.34. The van der Waals surface area contributed by atoms with E-state index >= 15 is 0 Å². The molecule has 0 bridgehead atoms. The molecule has 0 saturated carbocycles. The Balaban J connectivity index is 1.87. The number of para-hydroxylation sites is 2. The fourth-order valence-electron chi connectivity index (χ4n) is 2.94. The van der Waals surface area contributed by atoms with Crippen LogP contribution in [0, 0.1) is 10.1 Å². The summed E-state index contributed by atoms with van der Waals surface area (Å²) in [5.41, 5.74) is 2.47. The van der Waals surface area contributed by atoms with Crippen LogP contribution >= 0.6 is 0 Å². The van der Waals surface area contributed by atoms with Gasteiger partial charge in [-0.15, -0.1) is 0 Å². The van der Waals surface area contributed by atoms with E-state index in [2.05, 4.69) is 0 Å². The quantitative estimate of drug-likeness (QED) is 0.494. The molecule has 1 aliphatic heterocycles. The first-order valence-corrected chi connectivity index (χ1v) is 7.40. The highest BCUT2D eigenvalue weighted by Gasteiger charge is 2.29. The summed E-state index contributed by atoms with van der Waals surface area (Å²) in [6.07, 6.45) is 3.73. The van der Waals surface area contributed by atoms with Crippen LogP contribution in [0.15, 0.2) is 54.6 Å². The molecular formula is C18H16N2O3. The number of anilines is 1. The van der Waals surface area contributed by atoms with Gasteiger partial charge in [-0.25, -0.2) is 0 Å². The van der Waals surface area contributed by atoms with Gasteiger partial charge in [-0.2, -0.15) is 0 Å². The van der Waals surface area contributed by atoms with E-state index in [4.69, 9.17) is 0 Å².